The van der Waals surface area contributed by atoms with Gasteiger partial charge in [-0.05, 0) is 23.6 Å². The molecule has 1 amide bonds. The summed E-state index contributed by atoms with van der Waals surface area (Å²) in [6.07, 6.45) is 2.15. The molecule has 0 aliphatic carbocycles. The van der Waals surface area contributed by atoms with Crippen molar-refractivity contribution >= 4 is 27.7 Å². The quantitative estimate of drug-likeness (QED) is 0.547. The zero-order chi connectivity index (χ0) is 22.4. The van der Waals surface area contributed by atoms with Crippen molar-refractivity contribution in [1.82, 2.24) is 14.2 Å². The number of aromatic nitrogens is 1. The highest BCUT2D eigenvalue weighted by molar-refractivity contribution is 7.99. The van der Waals surface area contributed by atoms with Crippen LogP contribution >= 0.6 is 11.8 Å². The van der Waals surface area contributed by atoms with E-state index in [2.05, 4.69) is 4.98 Å². The van der Waals surface area contributed by atoms with Crippen molar-refractivity contribution in [2.45, 2.75) is 17.9 Å². The molecule has 168 valence electrons. The number of rotatable bonds is 8. The summed E-state index contributed by atoms with van der Waals surface area (Å²) in [5, 5.41) is 0. The number of carbonyl (C=O) groups is 1. The maximum atomic E-state index is 13.4. The van der Waals surface area contributed by atoms with Crippen LogP contribution in [0.15, 0.2) is 77.8 Å². The molecule has 8 heteroatoms. The number of amides is 1. The molecule has 0 atom stereocenters. The standard InChI is InChI=1S/C24H27N3O3S2/c28-24(23-17-22(18-25-23)32(29,30)27-13-15-31-16-14-27)26(19-21-9-5-2-6-10-21)12-11-20-7-3-1-4-8-20/h1-10,17-18,25H,11-16,19H2. The minimum Gasteiger partial charge on any atom is -0.356 e. The van der Waals surface area contributed by atoms with E-state index in [4.69, 9.17) is 0 Å². The second-order valence-electron chi connectivity index (χ2n) is 7.71. The molecule has 1 saturated heterocycles. The van der Waals surface area contributed by atoms with Crippen LogP contribution < -0.4 is 0 Å². The Balaban J connectivity index is 1.53. The van der Waals surface area contributed by atoms with Gasteiger partial charge >= 0.3 is 0 Å². The van der Waals surface area contributed by atoms with Gasteiger partial charge in [0, 0.05) is 43.9 Å². The molecule has 0 saturated carbocycles. The summed E-state index contributed by atoms with van der Waals surface area (Å²) in [7, 11) is -3.60. The summed E-state index contributed by atoms with van der Waals surface area (Å²) >= 11 is 1.75. The SMILES string of the molecule is O=C(c1cc(S(=O)(=O)N2CCSCC2)c[nH]1)N(CCc1ccccc1)Cc1ccccc1. The lowest BCUT2D eigenvalue weighted by Gasteiger charge is -2.25. The largest absolute Gasteiger partial charge is 0.356 e. The summed E-state index contributed by atoms with van der Waals surface area (Å²) < 4.78 is 27.4. The average molecular weight is 470 g/mol. The second-order valence-corrected chi connectivity index (χ2v) is 10.9. The van der Waals surface area contributed by atoms with Crippen molar-refractivity contribution in [3.05, 3.63) is 89.7 Å². The fourth-order valence-electron chi connectivity index (χ4n) is 3.72. The Hall–Kier alpha value is -2.55. The van der Waals surface area contributed by atoms with E-state index >= 15 is 0 Å². The average Bonchev–Trinajstić information content (AvgIpc) is 3.34. The first-order valence-corrected chi connectivity index (χ1v) is 13.3. The summed E-state index contributed by atoms with van der Waals surface area (Å²) in [6.45, 7) is 1.98. The van der Waals surface area contributed by atoms with E-state index in [-0.39, 0.29) is 10.8 Å². The highest BCUT2D eigenvalue weighted by Gasteiger charge is 2.28. The first kappa shape index (κ1) is 22.6. The lowest BCUT2D eigenvalue weighted by molar-refractivity contribution is 0.0740. The summed E-state index contributed by atoms with van der Waals surface area (Å²) in [4.78, 5) is 18.2. The molecule has 32 heavy (non-hydrogen) atoms. The molecular weight excluding hydrogens is 442 g/mol. The van der Waals surface area contributed by atoms with Gasteiger partial charge in [0.2, 0.25) is 10.0 Å². The predicted molar refractivity (Wildman–Crippen MR) is 128 cm³/mol. The normalized spacial score (nSPS) is 14.9. The zero-order valence-electron chi connectivity index (χ0n) is 17.8. The molecule has 1 aliphatic heterocycles. The minimum atomic E-state index is -3.60. The molecule has 1 fully saturated rings. The first-order valence-electron chi connectivity index (χ1n) is 10.7. The topological polar surface area (TPSA) is 73.5 Å². The van der Waals surface area contributed by atoms with E-state index in [1.165, 1.54) is 16.6 Å². The molecule has 3 aromatic rings. The third kappa shape index (κ3) is 5.43. The number of carbonyl (C=O) groups excluding carboxylic acids is 1. The number of benzene rings is 2. The number of hydrogen-bond acceptors (Lipinski definition) is 4. The number of nitrogens with one attached hydrogen (secondary N) is 1. The van der Waals surface area contributed by atoms with Crippen molar-refractivity contribution in [3.63, 3.8) is 0 Å². The maximum absolute atomic E-state index is 13.4. The van der Waals surface area contributed by atoms with Gasteiger partial charge in [0.25, 0.3) is 5.91 Å². The fourth-order valence-corrected chi connectivity index (χ4v) is 6.29. The van der Waals surface area contributed by atoms with Gasteiger partial charge in [-0.25, -0.2) is 8.42 Å². The van der Waals surface area contributed by atoms with Crippen LogP contribution in [0.5, 0.6) is 0 Å². The van der Waals surface area contributed by atoms with Gasteiger partial charge in [0.15, 0.2) is 0 Å². The van der Waals surface area contributed by atoms with Crippen LogP contribution in [0.4, 0.5) is 0 Å². The Labute approximate surface area is 193 Å². The van der Waals surface area contributed by atoms with Gasteiger partial charge < -0.3 is 9.88 Å². The monoisotopic (exact) mass is 469 g/mol. The molecule has 0 radical (unpaired) electrons. The molecule has 4 rings (SSSR count). The lowest BCUT2D eigenvalue weighted by atomic mass is 10.1. The zero-order valence-corrected chi connectivity index (χ0v) is 19.4. The molecule has 0 unspecified atom stereocenters. The number of nitrogens with zero attached hydrogens (tertiary/aromatic N) is 2. The van der Waals surface area contributed by atoms with Crippen LogP contribution in [0.3, 0.4) is 0 Å². The van der Waals surface area contributed by atoms with Gasteiger partial charge in [-0.15, -0.1) is 0 Å². The number of sulfonamides is 1. The predicted octanol–water partition coefficient (Wildman–Crippen LogP) is 3.64. The summed E-state index contributed by atoms with van der Waals surface area (Å²) in [5.41, 5.74) is 2.47. The molecular formula is C24H27N3O3S2. The van der Waals surface area contributed by atoms with Crippen LogP contribution in [0.1, 0.15) is 21.6 Å². The van der Waals surface area contributed by atoms with Gasteiger partial charge in [-0.1, -0.05) is 60.7 Å². The molecule has 1 aliphatic rings. The third-order valence-corrected chi connectivity index (χ3v) is 8.33. The maximum Gasteiger partial charge on any atom is 0.270 e. The highest BCUT2D eigenvalue weighted by Crippen LogP contribution is 2.22. The first-order chi connectivity index (χ1) is 15.5. The molecule has 0 spiro atoms. The van der Waals surface area contributed by atoms with E-state index in [1.807, 2.05) is 60.7 Å². The highest BCUT2D eigenvalue weighted by atomic mass is 32.2. The van der Waals surface area contributed by atoms with E-state index < -0.39 is 10.0 Å². The molecule has 1 N–H and O–H groups in total. The van der Waals surface area contributed by atoms with Crippen LogP contribution in [-0.4, -0.2) is 59.7 Å². The fraction of sp³-hybridized carbons (Fsp3) is 0.292. The molecule has 1 aromatic heterocycles. The van der Waals surface area contributed by atoms with Crippen LogP contribution in [-0.2, 0) is 23.0 Å². The molecule has 2 heterocycles. The molecule has 2 aromatic carbocycles. The van der Waals surface area contributed by atoms with Crippen molar-refractivity contribution in [2.24, 2.45) is 0 Å². The van der Waals surface area contributed by atoms with E-state index in [9.17, 15) is 13.2 Å². The van der Waals surface area contributed by atoms with Crippen LogP contribution in [0.25, 0.3) is 0 Å². The molecule has 6 nitrogen and oxygen atoms in total. The van der Waals surface area contributed by atoms with Crippen molar-refractivity contribution in [2.75, 3.05) is 31.1 Å². The van der Waals surface area contributed by atoms with E-state index in [0.29, 0.717) is 31.9 Å². The van der Waals surface area contributed by atoms with Crippen molar-refractivity contribution in [3.8, 4) is 0 Å². The van der Waals surface area contributed by atoms with Gasteiger partial charge in [-0.3, -0.25) is 4.79 Å². The Morgan fingerprint density at radius 1 is 0.969 bits per heavy atom. The Bertz CT molecular complexity index is 1130. The van der Waals surface area contributed by atoms with Crippen molar-refractivity contribution < 1.29 is 13.2 Å². The smallest absolute Gasteiger partial charge is 0.270 e. The number of H-pyrrole nitrogens is 1. The van der Waals surface area contributed by atoms with Gasteiger partial charge in [0.1, 0.15) is 10.6 Å². The minimum absolute atomic E-state index is 0.149. The van der Waals surface area contributed by atoms with Crippen molar-refractivity contribution in [1.29, 1.82) is 0 Å². The summed E-state index contributed by atoms with van der Waals surface area (Å²) in [5.74, 6) is 1.37. The van der Waals surface area contributed by atoms with E-state index in [0.717, 1.165) is 29.1 Å². The van der Waals surface area contributed by atoms with E-state index in [1.54, 1.807) is 16.7 Å². The Morgan fingerprint density at radius 2 is 1.59 bits per heavy atom. The third-order valence-electron chi connectivity index (χ3n) is 5.51. The Kier molecular flexibility index (Phi) is 7.34. The second kappa shape index (κ2) is 10.4. The van der Waals surface area contributed by atoms with Crippen LogP contribution in [0, 0.1) is 0 Å². The Morgan fingerprint density at radius 3 is 2.25 bits per heavy atom. The van der Waals surface area contributed by atoms with Gasteiger partial charge in [0.05, 0.1) is 0 Å². The molecule has 0 bridgehead atoms. The summed E-state index contributed by atoms with van der Waals surface area (Å²) in [6, 6.07) is 21.3. The number of thioether (sulfide) groups is 1. The number of hydrogen-bond donors (Lipinski definition) is 1. The van der Waals surface area contributed by atoms with Crippen LogP contribution in [0.2, 0.25) is 0 Å². The van der Waals surface area contributed by atoms with Gasteiger partial charge in [-0.2, -0.15) is 16.1 Å². The lowest BCUT2D eigenvalue weighted by Crippen LogP contribution is -2.37. The number of aromatic amines is 1.